The number of fused-ring (bicyclic) bond motifs is 2. The first-order valence-corrected chi connectivity index (χ1v) is 6.21. The van der Waals surface area contributed by atoms with Crippen LogP contribution in [0.3, 0.4) is 0 Å². The van der Waals surface area contributed by atoms with Gasteiger partial charge in [-0.05, 0) is 30.3 Å². The lowest BCUT2D eigenvalue weighted by Crippen LogP contribution is -1.93. The monoisotopic (exact) mass is 265 g/mol. The number of benzene rings is 1. The van der Waals surface area contributed by atoms with Crippen LogP contribution in [0.1, 0.15) is 0 Å². The van der Waals surface area contributed by atoms with Gasteiger partial charge >= 0.3 is 0 Å². The van der Waals surface area contributed by atoms with Crippen LogP contribution in [0, 0.1) is 0 Å². The van der Waals surface area contributed by atoms with Crippen molar-refractivity contribution < 1.29 is 9.47 Å². The Kier molecular flexibility index (Phi) is 2.26. The molecule has 0 saturated heterocycles. The Hall–Kier alpha value is -2.82. The molecule has 0 spiro atoms. The van der Waals surface area contributed by atoms with Gasteiger partial charge in [-0.15, -0.1) is 0 Å². The van der Waals surface area contributed by atoms with Crippen LogP contribution in [0.15, 0.2) is 42.7 Å². The van der Waals surface area contributed by atoms with E-state index in [1.807, 2.05) is 30.3 Å². The topological polar surface area (TPSA) is 70.3 Å². The summed E-state index contributed by atoms with van der Waals surface area (Å²) in [7, 11) is 0. The van der Waals surface area contributed by atoms with Crippen molar-refractivity contribution >= 4 is 16.6 Å². The van der Waals surface area contributed by atoms with Gasteiger partial charge in [0.2, 0.25) is 6.79 Å². The summed E-state index contributed by atoms with van der Waals surface area (Å²) in [4.78, 5) is 8.68. The molecule has 4 rings (SSSR count). The van der Waals surface area contributed by atoms with Crippen LogP contribution in [-0.2, 0) is 0 Å². The van der Waals surface area contributed by atoms with Crippen molar-refractivity contribution in [1.82, 2.24) is 9.97 Å². The predicted octanol–water partition coefficient (Wildman–Crippen LogP) is 2.61. The average Bonchev–Trinajstić information content (AvgIpc) is 2.94. The van der Waals surface area contributed by atoms with Crippen molar-refractivity contribution in [3.05, 3.63) is 42.7 Å². The predicted molar refractivity (Wildman–Crippen MR) is 75.5 cm³/mol. The molecule has 1 aliphatic rings. The Labute approximate surface area is 115 Å². The third-order valence-corrected chi connectivity index (χ3v) is 3.31. The van der Waals surface area contributed by atoms with Gasteiger partial charge in [0.25, 0.3) is 0 Å². The smallest absolute Gasteiger partial charge is 0.231 e. The number of nitrogens with zero attached hydrogens (tertiary/aromatic N) is 2. The van der Waals surface area contributed by atoms with Crippen molar-refractivity contribution in [2.24, 2.45) is 0 Å². The van der Waals surface area contributed by atoms with E-state index in [1.165, 1.54) is 0 Å². The van der Waals surface area contributed by atoms with Crippen LogP contribution < -0.4 is 15.2 Å². The van der Waals surface area contributed by atoms with E-state index in [9.17, 15) is 0 Å². The van der Waals surface area contributed by atoms with Gasteiger partial charge < -0.3 is 15.2 Å². The molecule has 0 atom stereocenters. The number of rotatable bonds is 1. The van der Waals surface area contributed by atoms with Gasteiger partial charge in [0, 0.05) is 29.0 Å². The summed E-state index contributed by atoms with van der Waals surface area (Å²) in [6.07, 6.45) is 3.43. The molecule has 0 saturated carbocycles. The molecule has 0 fully saturated rings. The SMILES string of the molecule is Nc1cc(-c2ccc3c(c2)OCO3)nc2ccncc12. The highest BCUT2D eigenvalue weighted by Crippen LogP contribution is 2.36. The van der Waals surface area contributed by atoms with Crippen LogP contribution in [0.25, 0.3) is 22.2 Å². The Morgan fingerprint density at radius 2 is 1.95 bits per heavy atom. The lowest BCUT2D eigenvalue weighted by Gasteiger charge is -2.07. The highest BCUT2D eigenvalue weighted by molar-refractivity contribution is 5.91. The fourth-order valence-electron chi connectivity index (χ4n) is 2.30. The van der Waals surface area contributed by atoms with Gasteiger partial charge in [-0.3, -0.25) is 4.98 Å². The van der Waals surface area contributed by atoms with Crippen LogP contribution in [-0.4, -0.2) is 16.8 Å². The minimum absolute atomic E-state index is 0.262. The standard InChI is InChI=1S/C15H11N3O2/c16-11-6-13(18-12-3-4-17-7-10(11)12)9-1-2-14-15(5-9)20-8-19-14/h1-7H,8H2,(H2,16,18). The second kappa shape index (κ2) is 4.09. The van der Waals surface area contributed by atoms with E-state index < -0.39 is 0 Å². The number of pyridine rings is 2. The molecule has 0 unspecified atom stereocenters. The summed E-state index contributed by atoms with van der Waals surface area (Å²) in [6.45, 7) is 0.262. The van der Waals surface area contributed by atoms with Gasteiger partial charge in [-0.25, -0.2) is 4.98 Å². The largest absolute Gasteiger partial charge is 0.454 e. The summed E-state index contributed by atoms with van der Waals surface area (Å²) in [6, 6.07) is 9.44. The first-order valence-electron chi connectivity index (χ1n) is 6.21. The number of hydrogen-bond acceptors (Lipinski definition) is 5. The minimum atomic E-state index is 0.262. The molecule has 0 bridgehead atoms. The number of aromatic nitrogens is 2. The zero-order valence-corrected chi connectivity index (χ0v) is 10.5. The van der Waals surface area contributed by atoms with Crippen molar-refractivity contribution in [3.63, 3.8) is 0 Å². The number of nitrogen functional groups attached to an aromatic ring is 1. The third kappa shape index (κ3) is 1.64. The molecule has 98 valence electrons. The Morgan fingerprint density at radius 3 is 2.90 bits per heavy atom. The Bertz CT molecular complexity index is 817. The van der Waals surface area contributed by atoms with Crippen molar-refractivity contribution in [1.29, 1.82) is 0 Å². The van der Waals surface area contributed by atoms with E-state index in [4.69, 9.17) is 15.2 Å². The molecule has 5 heteroatoms. The molecule has 0 aliphatic carbocycles. The van der Waals surface area contributed by atoms with E-state index >= 15 is 0 Å². The number of hydrogen-bond donors (Lipinski definition) is 1. The second-order valence-electron chi connectivity index (χ2n) is 4.56. The number of ether oxygens (including phenoxy) is 2. The molecular weight excluding hydrogens is 254 g/mol. The number of anilines is 1. The average molecular weight is 265 g/mol. The second-order valence-corrected chi connectivity index (χ2v) is 4.56. The third-order valence-electron chi connectivity index (χ3n) is 3.31. The number of nitrogens with two attached hydrogens (primary N) is 1. The van der Waals surface area contributed by atoms with E-state index in [0.717, 1.165) is 33.7 Å². The lowest BCUT2D eigenvalue weighted by atomic mass is 10.1. The fourth-order valence-corrected chi connectivity index (χ4v) is 2.30. The molecule has 1 aromatic carbocycles. The zero-order valence-electron chi connectivity index (χ0n) is 10.5. The molecule has 0 radical (unpaired) electrons. The van der Waals surface area contributed by atoms with Crippen LogP contribution in [0.2, 0.25) is 0 Å². The highest BCUT2D eigenvalue weighted by atomic mass is 16.7. The summed E-state index contributed by atoms with van der Waals surface area (Å²) in [5, 5.41) is 0.858. The summed E-state index contributed by atoms with van der Waals surface area (Å²) in [5.74, 6) is 1.49. The van der Waals surface area contributed by atoms with Gasteiger partial charge in [0.1, 0.15) is 0 Å². The van der Waals surface area contributed by atoms with E-state index in [2.05, 4.69) is 9.97 Å². The summed E-state index contributed by atoms with van der Waals surface area (Å²) >= 11 is 0. The minimum Gasteiger partial charge on any atom is -0.454 e. The molecule has 2 aromatic heterocycles. The van der Waals surface area contributed by atoms with E-state index in [-0.39, 0.29) is 6.79 Å². The van der Waals surface area contributed by atoms with Crippen molar-refractivity contribution in [3.8, 4) is 22.8 Å². The molecule has 3 heterocycles. The summed E-state index contributed by atoms with van der Waals surface area (Å²) in [5.41, 5.74) is 9.31. The fraction of sp³-hybridized carbons (Fsp3) is 0.0667. The molecule has 2 N–H and O–H groups in total. The van der Waals surface area contributed by atoms with Crippen LogP contribution in [0.5, 0.6) is 11.5 Å². The van der Waals surface area contributed by atoms with E-state index in [1.54, 1.807) is 12.4 Å². The van der Waals surface area contributed by atoms with Gasteiger partial charge in [0.15, 0.2) is 11.5 Å². The van der Waals surface area contributed by atoms with Gasteiger partial charge in [0.05, 0.1) is 11.2 Å². The maximum Gasteiger partial charge on any atom is 0.231 e. The molecule has 1 aliphatic heterocycles. The molecule has 3 aromatic rings. The maximum atomic E-state index is 6.07. The lowest BCUT2D eigenvalue weighted by molar-refractivity contribution is 0.174. The summed E-state index contributed by atoms with van der Waals surface area (Å²) < 4.78 is 10.7. The maximum absolute atomic E-state index is 6.07. The first-order chi connectivity index (χ1) is 9.81. The molecule has 20 heavy (non-hydrogen) atoms. The molecule has 5 nitrogen and oxygen atoms in total. The Morgan fingerprint density at radius 1 is 1.05 bits per heavy atom. The first kappa shape index (κ1) is 11.0. The van der Waals surface area contributed by atoms with Crippen LogP contribution in [0.4, 0.5) is 5.69 Å². The van der Waals surface area contributed by atoms with Gasteiger partial charge in [-0.2, -0.15) is 0 Å². The van der Waals surface area contributed by atoms with Crippen LogP contribution >= 0.6 is 0 Å². The van der Waals surface area contributed by atoms with E-state index in [0.29, 0.717) is 5.69 Å². The van der Waals surface area contributed by atoms with Crippen molar-refractivity contribution in [2.75, 3.05) is 12.5 Å². The molecular formula is C15H11N3O2. The zero-order chi connectivity index (χ0) is 13.5. The molecule has 0 amide bonds. The normalized spacial score (nSPS) is 12.8. The van der Waals surface area contributed by atoms with Crippen molar-refractivity contribution in [2.45, 2.75) is 0 Å². The quantitative estimate of drug-likeness (QED) is 0.732. The highest BCUT2D eigenvalue weighted by Gasteiger charge is 2.15. The Balaban J connectivity index is 1.90. The van der Waals surface area contributed by atoms with Gasteiger partial charge in [-0.1, -0.05) is 0 Å².